The van der Waals surface area contributed by atoms with Crippen molar-refractivity contribution in [2.75, 3.05) is 11.4 Å². The van der Waals surface area contributed by atoms with Crippen molar-refractivity contribution in [2.45, 2.75) is 26.2 Å². The van der Waals surface area contributed by atoms with Gasteiger partial charge in [0.15, 0.2) is 0 Å². The van der Waals surface area contributed by atoms with Crippen LogP contribution >= 0.6 is 0 Å². The van der Waals surface area contributed by atoms with Crippen LogP contribution in [0.2, 0.25) is 0 Å². The quantitative estimate of drug-likeness (QED) is 0.638. The number of anilines is 1. The second-order valence-corrected chi connectivity index (χ2v) is 6.66. The number of benzene rings is 2. The van der Waals surface area contributed by atoms with E-state index in [-0.39, 0.29) is 11.7 Å². The van der Waals surface area contributed by atoms with Gasteiger partial charge in [-0.15, -0.1) is 0 Å². The number of hydrogen-bond acceptors (Lipinski definition) is 2. The van der Waals surface area contributed by atoms with Gasteiger partial charge in [0.05, 0.1) is 16.8 Å². The molecule has 0 saturated carbocycles. The van der Waals surface area contributed by atoms with Gasteiger partial charge in [0.2, 0.25) is 0 Å². The molecule has 2 aromatic carbocycles. The number of halogens is 1. The number of carbonyl (C=O) groups excluding carboxylic acids is 1. The summed E-state index contributed by atoms with van der Waals surface area (Å²) in [5.74, 6) is 0.0760. The number of fused-ring (bicyclic) bond motifs is 2. The SMILES string of the molecule is Cc1nc2cc(F)ccc2cc1C(=O)N1CC[C@H](C)c2ccccc21. The Balaban J connectivity index is 1.79. The molecule has 126 valence electrons. The molecule has 0 saturated heterocycles. The number of para-hydroxylation sites is 1. The van der Waals surface area contributed by atoms with Gasteiger partial charge >= 0.3 is 0 Å². The highest BCUT2D eigenvalue weighted by atomic mass is 19.1. The molecule has 0 aliphatic carbocycles. The molecule has 0 fully saturated rings. The highest BCUT2D eigenvalue weighted by Crippen LogP contribution is 2.35. The van der Waals surface area contributed by atoms with Crippen LogP contribution in [0.5, 0.6) is 0 Å². The molecule has 4 rings (SSSR count). The van der Waals surface area contributed by atoms with Crippen LogP contribution in [0, 0.1) is 12.7 Å². The van der Waals surface area contributed by atoms with Gasteiger partial charge in [0.1, 0.15) is 5.82 Å². The number of aryl methyl sites for hydroxylation is 1. The summed E-state index contributed by atoms with van der Waals surface area (Å²) in [6.07, 6.45) is 0.939. The lowest BCUT2D eigenvalue weighted by molar-refractivity contribution is 0.0983. The average Bonchev–Trinajstić information content (AvgIpc) is 2.61. The third-order valence-electron chi connectivity index (χ3n) is 4.99. The van der Waals surface area contributed by atoms with Crippen LogP contribution < -0.4 is 4.90 Å². The molecule has 0 N–H and O–H groups in total. The Hall–Kier alpha value is -2.75. The standard InChI is InChI=1S/C21H19FN2O/c1-13-9-10-24(20-6-4-3-5-17(13)20)21(25)18-11-15-7-8-16(22)12-19(15)23-14(18)2/h3-8,11-13H,9-10H2,1-2H3/t13-/m0/s1. The molecule has 1 amide bonds. The van der Waals surface area contributed by atoms with Crippen LogP contribution in [0.4, 0.5) is 10.1 Å². The fourth-order valence-electron chi connectivity index (χ4n) is 3.56. The van der Waals surface area contributed by atoms with E-state index in [9.17, 15) is 9.18 Å². The lowest BCUT2D eigenvalue weighted by Gasteiger charge is -2.33. The van der Waals surface area contributed by atoms with Crippen molar-refractivity contribution in [1.82, 2.24) is 4.98 Å². The normalized spacial score (nSPS) is 16.8. The summed E-state index contributed by atoms with van der Waals surface area (Å²) in [5.41, 5.74) is 3.95. The predicted molar refractivity (Wildman–Crippen MR) is 97.6 cm³/mol. The van der Waals surface area contributed by atoms with Crippen LogP contribution in [-0.4, -0.2) is 17.4 Å². The fraction of sp³-hybridized carbons (Fsp3) is 0.238. The Kier molecular flexibility index (Phi) is 3.75. The molecule has 2 heterocycles. The fourth-order valence-corrected chi connectivity index (χ4v) is 3.56. The first kappa shape index (κ1) is 15.8. The lowest BCUT2D eigenvalue weighted by atomic mass is 9.91. The van der Waals surface area contributed by atoms with Crippen molar-refractivity contribution in [3.05, 3.63) is 71.2 Å². The van der Waals surface area contributed by atoms with Gasteiger partial charge in [-0.2, -0.15) is 0 Å². The lowest BCUT2D eigenvalue weighted by Crippen LogP contribution is -2.36. The first-order valence-electron chi connectivity index (χ1n) is 8.52. The summed E-state index contributed by atoms with van der Waals surface area (Å²) in [5, 5.41) is 0.772. The molecule has 1 aromatic heterocycles. The Labute approximate surface area is 146 Å². The van der Waals surface area contributed by atoms with Crippen molar-refractivity contribution >= 4 is 22.5 Å². The molecule has 0 bridgehead atoms. The second-order valence-electron chi connectivity index (χ2n) is 6.66. The van der Waals surface area contributed by atoms with Crippen molar-refractivity contribution in [3.63, 3.8) is 0 Å². The van der Waals surface area contributed by atoms with Crippen LogP contribution in [-0.2, 0) is 0 Å². The predicted octanol–water partition coefficient (Wildman–Crippen LogP) is 4.84. The summed E-state index contributed by atoms with van der Waals surface area (Å²) in [6.45, 7) is 4.69. The van der Waals surface area contributed by atoms with E-state index in [0.717, 1.165) is 17.5 Å². The van der Waals surface area contributed by atoms with E-state index in [1.165, 1.54) is 17.7 Å². The van der Waals surface area contributed by atoms with Gasteiger partial charge in [-0.1, -0.05) is 25.1 Å². The van der Waals surface area contributed by atoms with Gasteiger partial charge in [0, 0.05) is 23.7 Å². The van der Waals surface area contributed by atoms with Gasteiger partial charge in [-0.25, -0.2) is 4.39 Å². The molecule has 1 aliphatic rings. The number of pyridine rings is 1. The molecule has 25 heavy (non-hydrogen) atoms. The van der Waals surface area contributed by atoms with Crippen molar-refractivity contribution in [3.8, 4) is 0 Å². The number of hydrogen-bond donors (Lipinski definition) is 0. The van der Waals surface area contributed by atoms with E-state index in [4.69, 9.17) is 0 Å². The number of amides is 1. The molecule has 4 heteroatoms. The highest BCUT2D eigenvalue weighted by Gasteiger charge is 2.28. The molecule has 3 aromatic rings. The van der Waals surface area contributed by atoms with Crippen molar-refractivity contribution in [1.29, 1.82) is 0 Å². The maximum Gasteiger partial charge on any atom is 0.260 e. The van der Waals surface area contributed by atoms with Crippen LogP contribution in [0.1, 0.15) is 40.9 Å². The van der Waals surface area contributed by atoms with Gasteiger partial charge in [-0.3, -0.25) is 9.78 Å². The third kappa shape index (κ3) is 2.68. The average molecular weight is 334 g/mol. The minimum Gasteiger partial charge on any atom is -0.308 e. The molecule has 0 radical (unpaired) electrons. The second kappa shape index (κ2) is 5.96. The van der Waals surface area contributed by atoms with Gasteiger partial charge in [-0.05, 0) is 49.1 Å². The maximum absolute atomic E-state index is 13.4. The maximum atomic E-state index is 13.4. The molecule has 0 spiro atoms. The molecular formula is C21H19FN2O. The van der Waals surface area contributed by atoms with E-state index in [2.05, 4.69) is 18.0 Å². The van der Waals surface area contributed by atoms with E-state index in [0.29, 0.717) is 29.2 Å². The first-order valence-corrected chi connectivity index (χ1v) is 8.52. The van der Waals surface area contributed by atoms with E-state index >= 15 is 0 Å². The minimum atomic E-state index is -0.322. The summed E-state index contributed by atoms with van der Waals surface area (Å²) in [7, 11) is 0. The van der Waals surface area contributed by atoms with Crippen molar-refractivity contribution < 1.29 is 9.18 Å². The molecule has 1 atom stereocenters. The summed E-state index contributed by atoms with van der Waals surface area (Å²) >= 11 is 0. The van der Waals surface area contributed by atoms with Gasteiger partial charge < -0.3 is 4.90 Å². The minimum absolute atomic E-state index is 0.0458. The van der Waals surface area contributed by atoms with E-state index in [1.807, 2.05) is 29.2 Å². The zero-order chi connectivity index (χ0) is 17.6. The summed E-state index contributed by atoms with van der Waals surface area (Å²) in [4.78, 5) is 19.5. The Morgan fingerprint density at radius 2 is 2.00 bits per heavy atom. The Morgan fingerprint density at radius 1 is 1.20 bits per heavy atom. The molecule has 0 unspecified atom stereocenters. The summed E-state index contributed by atoms with van der Waals surface area (Å²) in [6, 6.07) is 14.3. The zero-order valence-corrected chi connectivity index (χ0v) is 14.3. The summed E-state index contributed by atoms with van der Waals surface area (Å²) < 4.78 is 13.4. The number of carbonyl (C=O) groups is 1. The first-order chi connectivity index (χ1) is 12.0. The van der Waals surface area contributed by atoms with Crippen LogP contribution in [0.25, 0.3) is 10.9 Å². The van der Waals surface area contributed by atoms with Crippen LogP contribution in [0.3, 0.4) is 0 Å². The third-order valence-corrected chi connectivity index (χ3v) is 4.99. The highest BCUT2D eigenvalue weighted by molar-refractivity contribution is 6.09. The number of nitrogens with zero attached hydrogens (tertiary/aromatic N) is 2. The largest absolute Gasteiger partial charge is 0.308 e. The van der Waals surface area contributed by atoms with Gasteiger partial charge in [0.25, 0.3) is 5.91 Å². The smallest absolute Gasteiger partial charge is 0.260 e. The molecular weight excluding hydrogens is 315 g/mol. The topological polar surface area (TPSA) is 33.2 Å². The number of rotatable bonds is 1. The number of aromatic nitrogens is 1. The Morgan fingerprint density at radius 3 is 2.84 bits per heavy atom. The molecule has 3 nitrogen and oxygen atoms in total. The molecule has 1 aliphatic heterocycles. The zero-order valence-electron chi connectivity index (χ0n) is 14.3. The monoisotopic (exact) mass is 334 g/mol. The Bertz CT molecular complexity index is 983. The van der Waals surface area contributed by atoms with Crippen LogP contribution in [0.15, 0.2) is 48.5 Å². The van der Waals surface area contributed by atoms with Crippen molar-refractivity contribution in [2.24, 2.45) is 0 Å². The van der Waals surface area contributed by atoms with E-state index < -0.39 is 0 Å². The van der Waals surface area contributed by atoms with E-state index in [1.54, 1.807) is 13.0 Å².